The third kappa shape index (κ3) is 2.87. The van der Waals surface area contributed by atoms with Crippen LogP contribution in [0, 0.1) is 6.92 Å². The van der Waals surface area contributed by atoms with E-state index in [0.29, 0.717) is 11.8 Å². The van der Waals surface area contributed by atoms with Crippen molar-refractivity contribution in [3.05, 3.63) is 51.7 Å². The van der Waals surface area contributed by atoms with Crippen LogP contribution in [-0.2, 0) is 6.42 Å². The fourth-order valence-corrected chi connectivity index (χ4v) is 2.87. The maximum Gasteiger partial charge on any atom is 0.115 e. The molecular formula is C14H17NOS. The molecule has 0 aliphatic rings. The quantitative estimate of drug-likeness (QED) is 0.869. The second kappa shape index (κ2) is 5.34. The Kier molecular flexibility index (Phi) is 3.82. The lowest BCUT2D eigenvalue weighted by molar-refractivity contribution is 0.475. The van der Waals surface area contributed by atoms with Crippen molar-refractivity contribution in [3.8, 4) is 5.75 Å². The molecule has 0 amide bonds. The Labute approximate surface area is 106 Å². The molecule has 3 heteroatoms. The van der Waals surface area contributed by atoms with Crippen LogP contribution < -0.4 is 5.32 Å². The van der Waals surface area contributed by atoms with E-state index in [1.807, 2.05) is 19.2 Å². The van der Waals surface area contributed by atoms with E-state index >= 15 is 0 Å². The van der Waals surface area contributed by atoms with E-state index in [0.717, 1.165) is 6.42 Å². The lowest BCUT2D eigenvalue weighted by Crippen LogP contribution is -2.18. The van der Waals surface area contributed by atoms with Crippen molar-refractivity contribution in [2.75, 3.05) is 7.05 Å². The van der Waals surface area contributed by atoms with Gasteiger partial charge in [-0.15, -0.1) is 0 Å². The molecule has 2 rings (SSSR count). The van der Waals surface area contributed by atoms with E-state index in [2.05, 4.69) is 23.0 Å². The number of phenolic OH excluding ortho intramolecular Hbond substituents is 1. The fraction of sp³-hybridized carbons (Fsp3) is 0.286. The van der Waals surface area contributed by atoms with Crippen LogP contribution in [0.25, 0.3) is 0 Å². The molecule has 0 bridgehead atoms. The van der Waals surface area contributed by atoms with E-state index in [4.69, 9.17) is 0 Å². The van der Waals surface area contributed by atoms with Gasteiger partial charge in [0.1, 0.15) is 5.75 Å². The van der Waals surface area contributed by atoms with Gasteiger partial charge in [0.15, 0.2) is 0 Å². The second-order valence-electron chi connectivity index (χ2n) is 4.22. The highest BCUT2D eigenvalue weighted by Crippen LogP contribution is 2.25. The van der Waals surface area contributed by atoms with Crippen LogP contribution in [-0.4, -0.2) is 12.2 Å². The van der Waals surface area contributed by atoms with E-state index in [1.165, 1.54) is 16.7 Å². The van der Waals surface area contributed by atoms with Gasteiger partial charge in [-0.2, -0.15) is 11.3 Å². The van der Waals surface area contributed by atoms with E-state index in [1.54, 1.807) is 23.5 Å². The summed E-state index contributed by atoms with van der Waals surface area (Å²) in [6.45, 7) is 2.15. The first-order valence-electron chi connectivity index (χ1n) is 5.68. The van der Waals surface area contributed by atoms with Crippen molar-refractivity contribution in [2.24, 2.45) is 0 Å². The highest BCUT2D eigenvalue weighted by Gasteiger charge is 2.13. The molecule has 0 saturated carbocycles. The Hall–Kier alpha value is -1.32. The van der Waals surface area contributed by atoms with Crippen LogP contribution in [0.15, 0.2) is 35.0 Å². The molecule has 0 saturated heterocycles. The molecule has 1 heterocycles. The zero-order chi connectivity index (χ0) is 12.3. The molecule has 1 atom stereocenters. The molecule has 17 heavy (non-hydrogen) atoms. The number of benzene rings is 1. The highest BCUT2D eigenvalue weighted by molar-refractivity contribution is 7.08. The third-order valence-corrected chi connectivity index (χ3v) is 3.87. The summed E-state index contributed by atoms with van der Waals surface area (Å²) in [4.78, 5) is 0. The molecule has 0 spiro atoms. The zero-order valence-electron chi connectivity index (χ0n) is 10.1. The Morgan fingerprint density at radius 2 is 1.94 bits per heavy atom. The summed E-state index contributed by atoms with van der Waals surface area (Å²) in [6.07, 6.45) is 0.939. The molecule has 1 unspecified atom stereocenters. The summed E-state index contributed by atoms with van der Waals surface area (Å²) < 4.78 is 0. The smallest absolute Gasteiger partial charge is 0.115 e. The SMILES string of the molecule is CNC(Cc1ccc(O)cc1)c1cscc1C. The molecule has 0 aliphatic carbocycles. The normalized spacial score (nSPS) is 12.6. The standard InChI is InChI=1S/C14H17NOS/c1-10-8-17-9-13(10)14(15-2)7-11-3-5-12(16)6-4-11/h3-6,8-9,14-16H,7H2,1-2H3. The van der Waals surface area contributed by atoms with Crippen LogP contribution in [0.3, 0.4) is 0 Å². The molecule has 90 valence electrons. The molecule has 1 aromatic heterocycles. The molecule has 0 aliphatic heterocycles. The summed E-state index contributed by atoms with van der Waals surface area (Å²) in [7, 11) is 1.99. The first kappa shape index (κ1) is 12.1. The fourth-order valence-electron chi connectivity index (χ4n) is 1.96. The predicted octanol–water partition coefficient (Wildman–Crippen LogP) is 3.27. The topological polar surface area (TPSA) is 32.3 Å². The number of aryl methyl sites for hydroxylation is 1. The molecule has 2 N–H and O–H groups in total. The minimum atomic E-state index is 0.321. The average Bonchev–Trinajstić information content (AvgIpc) is 2.75. The number of thiophene rings is 1. The second-order valence-corrected chi connectivity index (χ2v) is 4.97. The van der Waals surface area contributed by atoms with Gasteiger partial charge in [-0.25, -0.2) is 0 Å². The monoisotopic (exact) mass is 247 g/mol. The van der Waals surface area contributed by atoms with Crippen molar-refractivity contribution < 1.29 is 5.11 Å². The van der Waals surface area contributed by atoms with Gasteiger partial charge >= 0.3 is 0 Å². The molecule has 1 aromatic carbocycles. The Bertz CT molecular complexity index is 475. The zero-order valence-corrected chi connectivity index (χ0v) is 10.9. The van der Waals surface area contributed by atoms with Crippen LogP contribution >= 0.6 is 11.3 Å². The minimum absolute atomic E-state index is 0.321. The summed E-state index contributed by atoms with van der Waals surface area (Å²) in [5.41, 5.74) is 3.94. The first-order valence-corrected chi connectivity index (χ1v) is 6.63. The molecule has 0 radical (unpaired) electrons. The minimum Gasteiger partial charge on any atom is -0.508 e. The predicted molar refractivity (Wildman–Crippen MR) is 72.7 cm³/mol. The van der Waals surface area contributed by atoms with E-state index in [-0.39, 0.29) is 0 Å². The van der Waals surface area contributed by atoms with Crippen molar-refractivity contribution in [1.29, 1.82) is 0 Å². The number of aromatic hydroxyl groups is 1. The van der Waals surface area contributed by atoms with Crippen molar-refractivity contribution in [2.45, 2.75) is 19.4 Å². The summed E-state index contributed by atoms with van der Waals surface area (Å²) in [5, 5.41) is 17.0. The Balaban J connectivity index is 2.16. The van der Waals surface area contributed by atoms with Gasteiger partial charge in [0, 0.05) is 6.04 Å². The average molecular weight is 247 g/mol. The van der Waals surface area contributed by atoms with Crippen LogP contribution in [0.4, 0.5) is 0 Å². The van der Waals surface area contributed by atoms with Gasteiger partial charge in [0.25, 0.3) is 0 Å². The summed E-state index contributed by atoms with van der Waals surface area (Å²) in [6, 6.07) is 7.76. The lowest BCUT2D eigenvalue weighted by atomic mass is 9.99. The van der Waals surface area contributed by atoms with Gasteiger partial charge in [-0.05, 0) is 60.0 Å². The van der Waals surface area contributed by atoms with Gasteiger partial charge in [0.2, 0.25) is 0 Å². The summed E-state index contributed by atoms with van der Waals surface area (Å²) >= 11 is 1.74. The van der Waals surface area contributed by atoms with Crippen LogP contribution in [0.1, 0.15) is 22.7 Å². The number of hydrogen-bond donors (Lipinski definition) is 2. The van der Waals surface area contributed by atoms with Gasteiger partial charge < -0.3 is 10.4 Å². The Morgan fingerprint density at radius 1 is 1.24 bits per heavy atom. The van der Waals surface area contributed by atoms with Crippen molar-refractivity contribution in [1.82, 2.24) is 5.32 Å². The van der Waals surface area contributed by atoms with E-state index < -0.39 is 0 Å². The molecular weight excluding hydrogens is 230 g/mol. The van der Waals surface area contributed by atoms with Crippen LogP contribution in [0.2, 0.25) is 0 Å². The first-order chi connectivity index (χ1) is 8.20. The third-order valence-electron chi connectivity index (χ3n) is 3.00. The maximum atomic E-state index is 9.26. The van der Waals surface area contributed by atoms with E-state index in [9.17, 15) is 5.11 Å². The number of hydrogen-bond acceptors (Lipinski definition) is 3. The summed E-state index contributed by atoms with van der Waals surface area (Å²) in [5.74, 6) is 0.321. The highest BCUT2D eigenvalue weighted by atomic mass is 32.1. The van der Waals surface area contributed by atoms with Gasteiger partial charge in [-0.3, -0.25) is 0 Å². The Morgan fingerprint density at radius 3 is 2.47 bits per heavy atom. The number of likely N-dealkylation sites (N-methyl/N-ethyl adjacent to an activating group) is 1. The number of rotatable bonds is 4. The molecule has 0 fully saturated rings. The van der Waals surface area contributed by atoms with Gasteiger partial charge in [-0.1, -0.05) is 12.1 Å². The van der Waals surface area contributed by atoms with Gasteiger partial charge in [0.05, 0.1) is 0 Å². The number of phenols is 1. The van der Waals surface area contributed by atoms with Crippen LogP contribution in [0.5, 0.6) is 5.75 Å². The number of nitrogens with one attached hydrogen (secondary N) is 1. The maximum absolute atomic E-state index is 9.26. The van der Waals surface area contributed by atoms with Crippen molar-refractivity contribution in [3.63, 3.8) is 0 Å². The van der Waals surface area contributed by atoms with Crippen molar-refractivity contribution >= 4 is 11.3 Å². The largest absolute Gasteiger partial charge is 0.508 e. The molecule has 2 nitrogen and oxygen atoms in total. The lowest BCUT2D eigenvalue weighted by Gasteiger charge is -2.16. The molecule has 2 aromatic rings.